The van der Waals surface area contributed by atoms with Crippen LogP contribution in [0.25, 0.3) is 0 Å². The van der Waals surface area contributed by atoms with Crippen LogP contribution in [0.15, 0.2) is 42.7 Å². The van der Waals surface area contributed by atoms with Gasteiger partial charge in [0.05, 0.1) is 6.20 Å². The normalized spacial score (nSPS) is 12.1. The molecule has 0 aliphatic heterocycles. The molecular formula is C11H12N4O. The molecule has 1 atom stereocenters. The summed E-state index contributed by atoms with van der Waals surface area (Å²) in [6, 6.07) is 9.63. The summed E-state index contributed by atoms with van der Waals surface area (Å²) < 4.78 is 1.61. The maximum Gasteiger partial charge on any atom is 0.218 e. The Labute approximate surface area is 93.1 Å². The lowest BCUT2D eigenvalue weighted by atomic mass is 10.2. The Kier molecular flexibility index (Phi) is 2.95. The van der Waals surface area contributed by atoms with Crippen molar-refractivity contribution < 1.29 is 4.79 Å². The third-order valence-corrected chi connectivity index (χ3v) is 2.16. The second kappa shape index (κ2) is 4.57. The highest BCUT2D eigenvalue weighted by Gasteiger charge is 2.14. The predicted molar refractivity (Wildman–Crippen MR) is 58.4 cm³/mol. The van der Waals surface area contributed by atoms with Crippen molar-refractivity contribution in [2.24, 2.45) is 0 Å². The van der Waals surface area contributed by atoms with Crippen molar-refractivity contribution in [3.8, 4) is 0 Å². The minimum absolute atomic E-state index is 0.107. The highest BCUT2D eigenvalue weighted by Crippen LogP contribution is 2.13. The van der Waals surface area contributed by atoms with Gasteiger partial charge < -0.3 is 5.32 Å². The Morgan fingerprint density at radius 3 is 2.69 bits per heavy atom. The predicted octanol–water partition coefficient (Wildman–Crippen LogP) is 0.961. The van der Waals surface area contributed by atoms with Gasteiger partial charge in [-0.15, -0.1) is 5.10 Å². The Bertz CT molecular complexity index is 452. The fraction of sp³-hybridized carbons (Fsp3) is 0.182. The first-order valence-electron chi connectivity index (χ1n) is 4.95. The van der Waals surface area contributed by atoms with Gasteiger partial charge in [0, 0.05) is 13.1 Å². The summed E-state index contributed by atoms with van der Waals surface area (Å²) in [5, 5.41) is 10.5. The van der Waals surface area contributed by atoms with Crippen LogP contribution >= 0.6 is 0 Å². The molecule has 1 unspecified atom stereocenters. The average molecular weight is 216 g/mol. The van der Waals surface area contributed by atoms with Crippen LogP contribution in [0.5, 0.6) is 0 Å². The van der Waals surface area contributed by atoms with Gasteiger partial charge in [0.1, 0.15) is 6.17 Å². The minimum atomic E-state index is -0.304. The Hall–Kier alpha value is -2.17. The van der Waals surface area contributed by atoms with Crippen LogP contribution in [0.4, 0.5) is 0 Å². The van der Waals surface area contributed by atoms with Crippen molar-refractivity contribution in [3.63, 3.8) is 0 Å². The molecule has 16 heavy (non-hydrogen) atoms. The first-order valence-corrected chi connectivity index (χ1v) is 4.95. The van der Waals surface area contributed by atoms with Crippen LogP contribution in [-0.2, 0) is 4.79 Å². The van der Waals surface area contributed by atoms with Crippen molar-refractivity contribution in [1.82, 2.24) is 20.3 Å². The lowest BCUT2D eigenvalue weighted by Gasteiger charge is -2.17. The lowest BCUT2D eigenvalue weighted by Crippen LogP contribution is -2.31. The van der Waals surface area contributed by atoms with E-state index in [9.17, 15) is 4.79 Å². The zero-order chi connectivity index (χ0) is 11.4. The third kappa shape index (κ3) is 2.25. The SMILES string of the molecule is CC(=O)NC(c1ccccc1)n1ccnn1. The number of carbonyl (C=O) groups excluding carboxylic acids is 1. The van der Waals surface area contributed by atoms with Gasteiger partial charge >= 0.3 is 0 Å². The van der Waals surface area contributed by atoms with E-state index < -0.39 is 0 Å². The number of aromatic nitrogens is 3. The molecule has 0 aliphatic rings. The van der Waals surface area contributed by atoms with E-state index in [-0.39, 0.29) is 12.1 Å². The fourth-order valence-corrected chi connectivity index (χ4v) is 1.49. The topological polar surface area (TPSA) is 59.8 Å². The number of rotatable bonds is 3. The second-order valence-corrected chi connectivity index (χ2v) is 3.40. The summed E-state index contributed by atoms with van der Waals surface area (Å²) >= 11 is 0. The number of hydrogen-bond acceptors (Lipinski definition) is 3. The number of hydrogen-bond donors (Lipinski definition) is 1. The molecule has 0 bridgehead atoms. The molecule has 1 aromatic heterocycles. The van der Waals surface area contributed by atoms with Crippen LogP contribution in [0, 0.1) is 0 Å². The average Bonchev–Trinajstić information content (AvgIpc) is 2.80. The van der Waals surface area contributed by atoms with Crippen LogP contribution in [0.3, 0.4) is 0 Å². The van der Waals surface area contributed by atoms with E-state index in [2.05, 4.69) is 15.6 Å². The lowest BCUT2D eigenvalue weighted by molar-refractivity contribution is -0.120. The van der Waals surface area contributed by atoms with Crippen molar-refractivity contribution in [2.45, 2.75) is 13.1 Å². The van der Waals surface area contributed by atoms with Gasteiger partial charge in [-0.1, -0.05) is 35.5 Å². The van der Waals surface area contributed by atoms with Crippen molar-refractivity contribution >= 4 is 5.91 Å². The largest absolute Gasteiger partial charge is 0.331 e. The minimum Gasteiger partial charge on any atom is -0.331 e. The highest BCUT2D eigenvalue weighted by molar-refractivity contribution is 5.73. The Balaban J connectivity index is 2.32. The van der Waals surface area contributed by atoms with Gasteiger partial charge in [0.25, 0.3) is 0 Å². The monoisotopic (exact) mass is 216 g/mol. The summed E-state index contributed by atoms with van der Waals surface area (Å²) in [6.45, 7) is 1.48. The number of nitrogens with one attached hydrogen (secondary N) is 1. The molecule has 1 heterocycles. The standard InChI is InChI=1S/C11H12N4O/c1-9(16)13-11(15-8-7-12-14-15)10-5-3-2-4-6-10/h2-8,11H,1H3,(H,13,16). The smallest absolute Gasteiger partial charge is 0.218 e. The van der Waals surface area contributed by atoms with Crippen molar-refractivity contribution in [1.29, 1.82) is 0 Å². The molecular weight excluding hydrogens is 204 g/mol. The molecule has 5 nitrogen and oxygen atoms in total. The zero-order valence-corrected chi connectivity index (χ0v) is 8.87. The van der Waals surface area contributed by atoms with E-state index in [0.717, 1.165) is 5.56 Å². The summed E-state index contributed by atoms with van der Waals surface area (Å²) in [7, 11) is 0. The van der Waals surface area contributed by atoms with E-state index in [4.69, 9.17) is 0 Å². The molecule has 82 valence electrons. The number of benzene rings is 1. The summed E-state index contributed by atoms with van der Waals surface area (Å²) in [5.74, 6) is -0.107. The highest BCUT2D eigenvalue weighted by atomic mass is 16.1. The van der Waals surface area contributed by atoms with E-state index in [1.807, 2.05) is 30.3 Å². The molecule has 2 aromatic rings. The van der Waals surface area contributed by atoms with Crippen LogP contribution in [0.1, 0.15) is 18.7 Å². The first-order chi connectivity index (χ1) is 7.77. The molecule has 5 heteroatoms. The van der Waals surface area contributed by atoms with Gasteiger partial charge in [-0.25, -0.2) is 4.68 Å². The Morgan fingerprint density at radius 2 is 2.12 bits per heavy atom. The van der Waals surface area contributed by atoms with Crippen molar-refractivity contribution in [2.75, 3.05) is 0 Å². The maximum absolute atomic E-state index is 11.2. The molecule has 0 fully saturated rings. The molecule has 0 saturated heterocycles. The van der Waals surface area contributed by atoms with E-state index in [1.165, 1.54) is 6.92 Å². The van der Waals surface area contributed by atoms with Gasteiger partial charge in [0.2, 0.25) is 5.91 Å². The van der Waals surface area contributed by atoms with Crippen LogP contribution < -0.4 is 5.32 Å². The zero-order valence-electron chi connectivity index (χ0n) is 8.87. The molecule has 2 rings (SSSR count). The molecule has 0 radical (unpaired) electrons. The van der Waals surface area contributed by atoms with Crippen molar-refractivity contribution in [3.05, 3.63) is 48.3 Å². The molecule has 0 saturated carbocycles. The molecule has 1 N–H and O–H groups in total. The van der Waals surface area contributed by atoms with E-state index >= 15 is 0 Å². The Morgan fingerprint density at radius 1 is 1.38 bits per heavy atom. The summed E-state index contributed by atoms with van der Waals surface area (Å²) in [6.07, 6.45) is 2.99. The molecule has 0 aliphatic carbocycles. The van der Waals surface area contributed by atoms with Gasteiger partial charge in [-0.3, -0.25) is 4.79 Å². The summed E-state index contributed by atoms with van der Waals surface area (Å²) in [4.78, 5) is 11.2. The fourth-order valence-electron chi connectivity index (χ4n) is 1.49. The van der Waals surface area contributed by atoms with Crippen LogP contribution in [0.2, 0.25) is 0 Å². The first kappa shape index (κ1) is 10.4. The summed E-state index contributed by atoms with van der Waals surface area (Å²) in [5.41, 5.74) is 0.961. The van der Waals surface area contributed by atoms with Gasteiger partial charge in [-0.05, 0) is 5.56 Å². The molecule has 1 amide bonds. The van der Waals surface area contributed by atoms with E-state index in [0.29, 0.717) is 0 Å². The number of carbonyl (C=O) groups is 1. The van der Waals surface area contributed by atoms with Crippen LogP contribution in [-0.4, -0.2) is 20.9 Å². The number of nitrogens with zero attached hydrogens (tertiary/aromatic N) is 3. The third-order valence-electron chi connectivity index (χ3n) is 2.16. The molecule has 0 spiro atoms. The second-order valence-electron chi connectivity index (χ2n) is 3.40. The maximum atomic E-state index is 11.2. The van der Waals surface area contributed by atoms with E-state index in [1.54, 1.807) is 17.1 Å². The molecule has 1 aromatic carbocycles. The number of amides is 1. The quantitative estimate of drug-likeness (QED) is 0.831. The van der Waals surface area contributed by atoms with Gasteiger partial charge in [-0.2, -0.15) is 0 Å². The van der Waals surface area contributed by atoms with Gasteiger partial charge in [0.15, 0.2) is 0 Å².